The number of hydrogen-bond donors (Lipinski definition) is 0. The summed E-state index contributed by atoms with van der Waals surface area (Å²) in [5.74, 6) is 4.25. The average molecular weight is 214 g/mol. The second kappa shape index (κ2) is 3.03. The van der Waals surface area contributed by atoms with E-state index >= 15 is 0 Å². The Morgan fingerprint density at radius 2 is 1.62 bits per heavy atom. The molecule has 4 fully saturated rings. The van der Waals surface area contributed by atoms with Crippen LogP contribution in [-0.4, -0.2) is 0 Å². The highest BCUT2D eigenvalue weighted by molar-refractivity contribution is 5.32. The van der Waals surface area contributed by atoms with Crippen molar-refractivity contribution in [2.45, 2.75) is 45.4 Å². The molecule has 0 aromatic heterocycles. The zero-order chi connectivity index (χ0) is 10.8. The molecule has 0 radical (unpaired) electrons. The van der Waals surface area contributed by atoms with Gasteiger partial charge in [-0.1, -0.05) is 30.7 Å². The second-order valence-corrected chi connectivity index (χ2v) is 6.91. The third kappa shape index (κ3) is 1.06. The van der Waals surface area contributed by atoms with Crippen LogP contribution in [0.5, 0.6) is 0 Å². The Balaban J connectivity index is 1.73. The Kier molecular flexibility index (Phi) is 1.80. The first-order chi connectivity index (χ1) is 7.77. The van der Waals surface area contributed by atoms with Gasteiger partial charge in [-0.25, -0.2) is 0 Å². The standard InChI is InChI=1S/C16H22/c1-16(13-4-2-3-5-13)14-7-11-6-12(9-14)10-15(16)8-11/h2-4,11-12,14-15H,5-10H2,1H3. The lowest BCUT2D eigenvalue weighted by molar-refractivity contribution is -0.0778. The van der Waals surface area contributed by atoms with E-state index in [1.165, 1.54) is 6.42 Å². The van der Waals surface area contributed by atoms with Crippen LogP contribution >= 0.6 is 0 Å². The van der Waals surface area contributed by atoms with Gasteiger partial charge in [0.2, 0.25) is 0 Å². The van der Waals surface area contributed by atoms with Crippen molar-refractivity contribution >= 4 is 0 Å². The van der Waals surface area contributed by atoms with Gasteiger partial charge in [-0.05, 0) is 67.6 Å². The zero-order valence-electron chi connectivity index (χ0n) is 10.3. The van der Waals surface area contributed by atoms with E-state index in [0.717, 1.165) is 23.7 Å². The Morgan fingerprint density at radius 1 is 1.00 bits per heavy atom. The highest BCUT2D eigenvalue weighted by atomic mass is 14.6. The molecule has 0 unspecified atom stereocenters. The van der Waals surface area contributed by atoms with Gasteiger partial charge in [-0.2, -0.15) is 0 Å². The molecule has 0 heteroatoms. The lowest BCUT2D eigenvalue weighted by Gasteiger charge is -2.61. The predicted octanol–water partition coefficient (Wildman–Crippen LogP) is 4.34. The summed E-state index contributed by atoms with van der Waals surface area (Å²) in [5.41, 5.74) is 2.35. The van der Waals surface area contributed by atoms with Gasteiger partial charge in [-0.3, -0.25) is 0 Å². The van der Waals surface area contributed by atoms with Crippen molar-refractivity contribution in [1.29, 1.82) is 0 Å². The maximum absolute atomic E-state index is 2.60. The fraction of sp³-hybridized carbons (Fsp3) is 0.750. The van der Waals surface area contributed by atoms with Gasteiger partial charge in [0, 0.05) is 0 Å². The van der Waals surface area contributed by atoms with Gasteiger partial charge in [0.15, 0.2) is 0 Å². The van der Waals surface area contributed by atoms with Crippen molar-refractivity contribution in [2.75, 3.05) is 0 Å². The fourth-order valence-electron chi connectivity index (χ4n) is 5.53. The molecule has 16 heavy (non-hydrogen) atoms. The van der Waals surface area contributed by atoms with E-state index in [1.807, 2.05) is 0 Å². The van der Waals surface area contributed by atoms with Crippen LogP contribution in [-0.2, 0) is 0 Å². The molecule has 0 saturated heterocycles. The van der Waals surface area contributed by atoms with Crippen LogP contribution < -0.4 is 0 Å². The molecule has 0 atom stereocenters. The van der Waals surface area contributed by atoms with E-state index in [2.05, 4.69) is 25.2 Å². The van der Waals surface area contributed by atoms with Crippen LogP contribution in [0, 0.1) is 29.1 Å². The Labute approximate surface area is 98.8 Å². The van der Waals surface area contributed by atoms with Crippen LogP contribution in [0.2, 0.25) is 0 Å². The molecule has 5 rings (SSSR count). The van der Waals surface area contributed by atoms with Crippen LogP contribution in [0.1, 0.15) is 45.4 Å². The van der Waals surface area contributed by atoms with Crippen molar-refractivity contribution < 1.29 is 0 Å². The minimum atomic E-state index is 0.580. The Morgan fingerprint density at radius 3 is 2.12 bits per heavy atom. The maximum atomic E-state index is 2.60. The monoisotopic (exact) mass is 214 g/mol. The lowest BCUT2D eigenvalue weighted by Crippen LogP contribution is -2.52. The molecule has 0 spiro atoms. The van der Waals surface area contributed by atoms with Crippen molar-refractivity contribution in [1.82, 2.24) is 0 Å². The summed E-state index contributed by atoms with van der Waals surface area (Å²) in [5, 5.41) is 0. The maximum Gasteiger partial charge on any atom is -0.00533 e. The Hall–Kier alpha value is -0.520. The molecule has 0 nitrogen and oxygen atoms in total. The fourth-order valence-corrected chi connectivity index (χ4v) is 5.53. The third-order valence-corrected chi connectivity index (χ3v) is 6.30. The highest BCUT2D eigenvalue weighted by Crippen LogP contribution is 2.65. The first-order valence-corrected chi connectivity index (χ1v) is 7.13. The highest BCUT2D eigenvalue weighted by Gasteiger charge is 2.55. The molecule has 0 amide bonds. The van der Waals surface area contributed by atoms with Gasteiger partial charge in [0.05, 0.1) is 0 Å². The van der Waals surface area contributed by atoms with E-state index in [4.69, 9.17) is 0 Å². The molecule has 0 heterocycles. The number of hydrogen-bond acceptors (Lipinski definition) is 0. The molecule has 5 aliphatic rings. The molecule has 0 N–H and O–H groups in total. The summed E-state index contributed by atoms with van der Waals surface area (Å²) >= 11 is 0. The van der Waals surface area contributed by atoms with E-state index in [0.29, 0.717) is 5.41 Å². The molecule has 0 aromatic carbocycles. The van der Waals surface area contributed by atoms with Crippen LogP contribution in [0.4, 0.5) is 0 Å². The minimum absolute atomic E-state index is 0.580. The zero-order valence-corrected chi connectivity index (χ0v) is 10.3. The van der Waals surface area contributed by atoms with E-state index in [1.54, 1.807) is 37.7 Å². The van der Waals surface area contributed by atoms with Gasteiger partial charge in [-0.15, -0.1) is 0 Å². The summed E-state index contributed by atoms with van der Waals surface area (Å²) in [6, 6.07) is 0. The molecule has 4 saturated carbocycles. The van der Waals surface area contributed by atoms with Gasteiger partial charge < -0.3 is 0 Å². The molecule has 86 valence electrons. The smallest absolute Gasteiger partial charge is 0.00533 e. The van der Waals surface area contributed by atoms with E-state index in [-0.39, 0.29) is 0 Å². The molecule has 4 bridgehead atoms. The van der Waals surface area contributed by atoms with Crippen molar-refractivity contribution in [3.63, 3.8) is 0 Å². The Bertz CT molecular complexity index is 343. The molecule has 0 aliphatic heterocycles. The van der Waals surface area contributed by atoms with E-state index < -0.39 is 0 Å². The summed E-state index contributed by atoms with van der Waals surface area (Å²) < 4.78 is 0. The van der Waals surface area contributed by atoms with Gasteiger partial charge in [0.25, 0.3) is 0 Å². The van der Waals surface area contributed by atoms with Crippen molar-refractivity contribution in [3.8, 4) is 0 Å². The van der Waals surface area contributed by atoms with Gasteiger partial charge in [0.1, 0.15) is 0 Å². The van der Waals surface area contributed by atoms with Crippen molar-refractivity contribution in [3.05, 3.63) is 23.8 Å². The molecule has 0 aromatic rings. The summed E-state index contributed by atoms with van der Waals surface area (Å²) in [7, 11) is 0. The molecular formula is C16H22. The second-order valence-electron chi connectivity index (χ2n) is 6.91. The summed E-state index contributed by atoms with van der Waals surface area (Å²) in [6.07, 6.45) is 16.1. The number of allylic oxidation sites excluding steroid dienone is 4. The first kappa shape index (κ1) is 9.50. The summed E-state index contributed by atoms with van der Waals surface area (Å²) in [6.45, 7) is 2.60. The lowest BCUT2D eigenvalue weighted by atomic mass is 9.44. The largest absolute Gasteiger partial charge is 0.0804 e. The first-order valence-electron chi connectivity index (χ1n) is 7.13. The summed E-state index contributed by atoms with van der Waals surface area (Å²) in [4.78, 5) is 0. The third-order valence-electron chi connectivity index (χ3n) is 6.30. The van der Waals surface area contributed by atoms with Crippen molar-refractivity contribution in [2.24, 2.45) is 29.1 Å². The number of rotatable bonds is 1. The van der Waals surface area contributed by atoms with Crippen LogP contribution in [0.15, 0.2) is 23.8 Å². The topological polar surface area (TPSA) is 0 Å². The predicted molar refractivity (Wildman–Crippen MR) is 67.0 cm³/mol. The van der Waals surface area contributed by atoms with Crippen LogP contribution in [0.3, 0.4) is 0 Å². The van der Waals surface area contributed by atoms with E-state index in [9.17, 15) is 0 Å². The normalized spacial score (nSPS) is 53.4. The quantitative estimate of drug-likeness (QED) is 0.609. The molecule has 5 aliphatic carbocycles. The minimum Gasteiger partial charge on any atom is -0.0804 e. The van der Waals surface area contributed by atoms with Gasteiger partial charge >= 0.3 is 0 Å². The molecular weight excluding hydrogens is 192 g/mol. The SMILES string of the molecule is CC1(C2=CC=CC2)C2CC3CC(C2)CC1C3. The average Bonchev–Trinajstić information content (AvgIpc) is 2.78. The van der Waals surface area contributed by atoms with Crippen LogP contribution in [0.25, 0.3) is 0 Å².